The Morgan fingerprint density at radius 1 is 1.13 bits per heavy atom. The second-order valence-electron chi connectivity index (χ2n) is 7.10. The highest BCUT2D eigenvalue weighted by Crippen LogP contribution is 2.30. The van der Waals surface area contributed by atoms with Gasteiger partial charge in [0.1, 0.15) is 12.4 Å². The lowest BCUT2D eigenvalue weighted by Gasteiger charge is -2.07. The van der Waals surface area contributed by atoms with Crippen LogP contribution < -0.4 is 15.0 Å². The summed E-state index contributed by atoms with van der Waals surface area (Å²) >= 11 is 0. The molecule has 1 aliphatic rings. The molecule has 5 rings (SSSR count). The fraction of sp³-hybridized carbons (Fsp3) is 0.182. The van der Waals surface area contributed by atoms with Gasteiger partial charge in [0.15, 0.2) is 18.0 Å². The summed E-state index contributed by atoms with van der Waals surface area (Å²) in [6, 6.07) is 17.6. The molecule has 3 N–H and O–H groups in total. The summed E-state index contributed by atoms with van der Waals surface area (Å²) in [4.78, 5) is 19.5. The Hall–Kier alpha value is -3.78. The molecule has 152 valence electrons. The molecule has 0 aliphatic heterocycles. The molecule has 30 heavy (non-hydrogen) atoms. The fourth-order valence-electron chi connectivity index (χ4n) is 3.14. The van der Waals surface area contributed by atoms with Crippen LogP contribution in [0.3, 0.4) is 0 Å². The van der Waals surface area contributed by atoms with Gasteiger partial charge in [-0.15, -0.1) is 5.10 Å². The van der Waals surface area contributed by atoms with E-state index in [0.717, 1.165) is 35.4 Å². The third-order valence-corrected chi connectivity index (χ3v) is 4.87. The summed E-state index contributed by atoms with van der Waals surface area (Å²) in [6.45, 7) is 0.499. The average Bonchev–Trinajstić information content (AvgIpc) is 3.53. The van der Waals surface area contributed by atoms with Crippen LogP contribution in [0.15, 0.2) is 67.0 Å². The first-order chi connectivity index (χ1) is 14.3. The second kappa shape index (κ2) is 8.30. The molecule has 0 saturated heterocycles. The minimum atomic E-state index is -0.0000242. The van der Waals surface area contributed by atoms with Gasteiger partial charge in [-0.2, -0.15) is 4.98 Å². The predicted octanol–water partition coefficient (Wildman–Crippen LogP) is 2.96. The quantitative estimate of drug-likeness (QED) is 0.532. The molecule has 1 fully saturated rings. The van der Waals surface area contributed by atoms with Gasteiger partial charge < -0.3 is 10.2 Å². The number of H-pyrrole nitrogens is 1. The molecule has 0 unspecified atom stereocenters. The Bertz CT molecular complexity index is 1150. The van der Waals surface area contributed by atoms with Gasteiger partial charge in [-0.25, -0.2) is 9.50 Å². The number of carbonyl (C=O) groups is 1. The summed E-state index contributed by atoms with van der Waals surface area (Å²) in [5.41, 5.74) is 3.64. The summed E-state index contributed by atoms with van der Waals surface area (Å²) in [7, 11) is 0. The number of hydrogen-bond acceptors (Lipinski definition) is 5. The molecular weight excluding hydrogens is 382 g/mol. The number of benzene rings is 1. The third-order valence-electron chi connectivity index (χ3n) is 4.87. The van der Waals surface area contributed by atoms with Crippen molar-refractivity contribution in [2.75, 3.05) is 5.32 Å². The predicted molar refractivity (Wildman–Crippen MR) is 109 cm³/mol. The first-order valence-electron chi connectivity index (χ1n) is 9.61. The van der Waals surface area contributed by atoms with Crippen LogP contribution in [0.4, 0.5) is 5.95 Å². The maximum absolute atomic E-state index is 12.0. The number of aromatic nitrogens is 4. The highest BCUT2D eigenvalue weighted by atomic mass is 16.5. The molecule has 4 aromatic rings. The lowest BCUT2D eigenvalue weighted by atomic mass is 10.1. The minimum Gasteiger partial charge on any atom is -0.870 e. The Balaban J connectivity index is 0.00000218. The molecule has 1 amide bonds. The van der Waals surface area contributed by atoms with Crippen LogP contribution in [0.5, 0.6) is 5.75 Å². The second-order valence-corrected chi connectivity index (χ2v) is 7.10. The van der Waals surface area contributed by atoms with Gasteiger partial charge in [0, 0.05) is 17.5 Å². The van der Waals surface area contributed by atoms with Gasteiger partial charge in [-0.1, -0.05) is 6.07 Å². The zero-order valence-corrected chi connectivity index (χ0v) is 16.2. The standard InChI is InChI=1S/C22H19N5O2.H2O/c28-21(17-6-7-17)25-22-24-20-5-1-4-19(27(20)26-22)16-8-10-18(11-9-16)29-14-15-3-2-12-23-13-15;/h1-5,8-13,17H,6-7,14H2,(H,25,26,28);1H2. The first-order valence-corrected chi connectivity index (χ1v) is 9.61. The Morgan fingerprint density at radius 2 is 1.97 bits per heavy atom. The lowest BCUT2D eigenvalue weighted by molar-refractivity contribution is -0.378. The van der Waals surface area contributed by atoms with Crippen molar-refractivity contribution in [3.63, 3.8) is 0 Å². The normalized spacial score (nSPS) is 12.9. The van der Waals surface area contributed by atoms with E-state index in [-0.39, 0.29) is 17.3 Å². The summed E-state index contributed by atoms with van der Waals surface area (Å²) in [5, 5.41) is 7.29. The number of hydrogen-bond donors (Lipinski definition) is 1. The molecular formula is C22H21N5O3. The van der Waals surface area contributed by atoms with E-state index in [4.69, 9.17) is 4.74 Å². The van der Waals surface area contributed by atoms with Crippen molar-refractivity contribution in [1.29, 1.82) is 0 Å². The summed E-state index contributed by atoms with van der Waals surface area (Å²) < 4.78 is 7.59. The topological polar surface area (TPSA) is 113 Å². The summed E-state index contributed by atoms with van der Waals surface area (Å²) in [5.74, 6) is 1.25. The van der Waals surface area contributed by atoms with E-state index in [1.54, 1.807) is 4.52 Å². The highest BCUT2D eigenvalue weighted by molar-refractivity contribution is 5.92. The molecule has 1 aliphatic carbocycles. The number of fused-ring (bicyclic) bond motifs is 1. The number of pyridine rings is 2. The number of aromatic amines is 1. The van der Waals surface area contributed by atoms with Gasteiger partial charge in [0.2, 0.25) is 11.9 Å². The first kappa shape index (κ1) is 19.5. The van der Waals surface area contributed by atoms with E-state index in [2.05, 4.69) is 20.4 Å². The van der Waals surface area contributed by atoms with E-state index in [1.165, 1.54) is 0 Å². The van der Waals surface area contributed by atoms with E-state index >= 15 is 0 Å². The van der Waals surface area contributed by atoms with Crippen molar-refractivity contribution in [2.24, 2.45) is 5.92 Å². The molecule has 0 spiro atoms. The van der Waals surface area contributed by atoms with Crippen molar-refractivity contribution in [3.8, 4) is 17.0 Å². The monoisotopic (exact) mass is 403 g/mol. The van der Waals surface area contributed by atoms with Crippen LogP contribution in [0.1, 0.15) is 18.4 Å². The average molecular weight is 403 g/mol. The number of ether oxygens (including phenoxy) is 1. The maximum atomic E-state index is 12.0. The molecule has 3 heterocycles. The van der Waals surface area contributed by atoms with Gasteiger partial charge in [0.25, 0.3) is 0 Å². The molecule has 8 nitrogen and oxygen atoms in total. The number of nitrogens with one attached hydrogen (secondary N) is 2. The number of nitrogens with zero attached hydrogens (tertiary/aromatic N) is 3. The van der Waals surface area contributed by atoms with E-state index in [9.17, 15) is 4.79 Å². The largest absolute Gasteiger partial charge is 0.870 e. The minimum absolute atomic E-state index is 0. The fourth-order valence-corrected chi connectivity index (χ4v) is 3.14. The third kappa shape index (κ3) is 4.13. The Kier molecular flexibility index (Phi) is 5.40. The number of anilines is 1. The van der Waals surface area contributed by atoms with Crippen molar-refractivity contribution < 1.29 is 20.0 Å². The van der Waals surface area contributed by atoms with Gasteiger partial charge in [-0.3, -0.25) is 10.1 Å². The molecule has 1 saturated carbocycles. The Morgan fingerprint density at radius 3 is 2.70 bits per heavy atom. The highest BCUT2D eigenvalue weighted by Gasteiger charge is 2.30. The lowest BCUT2D eigenvalue weighted by Crippen LogP contribution is -2.14. The van der Waals surface area contributed by atoms with Crippen LogP contribution in [-0.2, 0) is 11.4 Å². The molecule has 0 radical (unpaired) electrons. The van der Waals surface area contributed by atoms with Crippen molar-refractivity contribution in [3.05, 3.63) is 72.6 Å². The SMILES string of the molecule is O=C(Nc1nc2cccc(-c3ccc(OCc4ccc[nH+]c4)cc3)n2n1)C1CC1.[OH-]. The van der Waals surface area contributed by atoms with E-state index < -0.39 is 0 Å². The van der Waals surface area contributed by atoms with Crippen LogP contribution in [0.2, 0.25) is 0 Å². The van der Waals surface area contributed by atoms with E-state index in [0.29, 0.717) is 18.2 Å². The smallest absolute Gasteiger partial charge is 0.249 e. The van der Waals surface area contributed by atoms with Crippen molar-refractivity contribution in [1.82, 2.24) is 14.6 Å². The zero-order chi connectivity index (χ0) is 19.6. The molecule has 8 heteroatoms. The number of rotatable bonds is 6. The van der Waals surface area contributed by atoms with Crippen LogP contribution in [0, 0.1) is 5.92 Å². The summed E-state index contributed by atoms with van der Waals surface area (Å²) in [6.07, 6.45) is 5.67. The van der Waals surface area contributed by atoms with Gasteiger partial charge in [0.05, 0.1) is 11.3 Å². The molecule has 3 aromatic heterocycles. The van der Waals surface area contributed by atoms with Crippen LogP contribution >= 0.6 is 0 Å². The number of carbonyl (C=O) groups excluding carboxylic acids is 1. The number of amides is 1. The Labute approximate surface area is 172 Å². The maximum Gasteiger partial charge on any atom is 0.249 e. The van der Waals surface area contributed by atoms with Crippen molar-refractivity contribution >= 4 is 17.5 Å². The zero-order valence-electron chi connectivity index (χ0n) is 16.2. The van der Waals surface area contributed by atoms with Gasteiger partial charge >= 0.3 is 0 Å². The molecule has 1 aromatic carbocycles. The van der Waals surface area contributed by atoms with Gasteiger partial charge in [-0.05, 0) is 55.3 Å². The van der Waals surface area contributed by atoms with Crippen LogP contribution in [0.25, 0.3) is 16.9 Å². The van der Waals surface area contributed by atoms with Crippen molar-refractivity contribution in [2.45, 2.75) is 19.4 Å². The molecule has 0 bridgehead atoms. The molecule has 0 atom stereocenters. The van der Waals surface area contributed by atoms with Crippen LogP contribution in [-0.4, -0.2) is 26.0 Å². The van der Waals surface area contributed by atoms with E-state index in [1.807, 2.05) is 67.0 Å².